The van der Waals surface area contributed by atoms with Crippen molar-refractivity contribution in [1.82, 2.24) is 4.90 Å². The second-order valence-electron chi connectivity index (χ2n) is 7.75. The molecule has 3 aromatic carbocycles. The van der Waals surface area contributed by atoms with Gasteiger partial charge in [0.1, 0.15) is 6.04 Å². The number of benzene rings is 3. The van der Waals surface area contributed by atoms with Crippen LogP contribution in [0.15, 0.2) is 72.8 Å². The molecule has 0 unspecified atom stereocenters. The van der Waals surface area contributed by atoms with Crippen LogP contribution in [0.4, 0.5) is 5.69 Å². The number of hydrogen-bond acceptors (Lipinski definition) is 4. The molecule has 1 aliphatic rings. The third kappa shape index (κ3) is 3.88. The molecule has 6 heteroatoms. The molecule has 0 radical (unpaired) electrons. The fourth-order valence-electron chi connectivity index (χ4n) is 4.40. The first-order valence-corrected chi connectivity index (χ1v) is 10.4. The van der Waals surface area contributed by atoms with E-state index in [0.717, 1.165) is 23.1 Å². The molecule has 6 N–H and O–H groups in total. The van der Waals surface area contributed by atoms with E-state index in [1.54, 1.807) is 41.3 Å². The molecule has 6 nitrogen and oxygen atoms in total. The summed E-state index contributed by atoms with van der Waals surface area (Å²) in [5.41, 5.74) is 21.5. The summed E-state index contributed by atoms with van der Waals surface area (Å²) in [5.74, 6) is 1.91. The van der Waals surface area contributed by atoms with E-state index in [-0.39, 0.29) is 11.9 Å². The number of primary amides is 1. The molecule has 2 atom stereocenters. The number of nitrogens with zero attached hydrogens (tertiary/aromatic N) is 1. The zero-order valence-electron chi connectivity index (χ0n) is 17.5. The molecule has 2 amide bonds. The smallest absolute Gasteiger partial charge is 0.257 e. The maximum absolute atomic E-state index is 13.9. The Morgan fingerprint density at radius 2 is 1.72 bits per heavy atom. The van der Waals surface area contributed by atoms with E-state index in [0.29, 0.717) is 23.2 Å². The fraction of sp³-hybridized carbons (Fsp3) is 0.154. The van der Waals surface area contributed by atoms with E-state index in [2.05, 4.69) is 12.0 Å². The van der Waals surface area contributed by atoms with E-state index in [4.69, 9.17) is 17.2 Å². The summed E-state index contributed by atoms with van der Waals surface area (Å²) < 4.78 is 0. The molecule has 4 rings (SSSR count). The molecule has 0 aliphatic heterocycles. The van der Waals surface area contributed by atoms with Gasteiger partial charge in [0.2, 0.25) is 5.91 Å². The van der Waals surface area contributed by atoms with Crippen LogP contribution >= 0.6 is 0 Å². The van der Waals surface area contributed by atoms with E-state index in [9.17, 15) is 9.59 Å². The minimum absolute atomic E-state index is 0.334. The van der Waals surface area contributed by atoms with Crippen molar-refractivity contribution in [2.45, 2.75) is 24.9 Å². The van der Waals surface area contributed by atoms with Crippen molar-refractivity contribution in [3.05, 3.63) is 101 Å². The zero-order chi connectivity index (χ0) is 22.7. The molecule has 0 spiro atoms. The zero-order valence-corrected chi connectivity index (χ0v) is 17.5. The highest BCUT2D eigenvalue weighted by Crippen LogP contribution is 2.42. The molecule has 1 aliphatic carbocycles. The predicted molar refractivity (Wildman–Crippen MR) is 124 cm³/mol. The van der Waals surface area contributed by atoms with E-state index < -0.39 is 11.9 Å². The molecule has 0 heterocycles. The maximum Gasteiger partial charge on any atom is 0.257 e. The first kappa shape index (κ1) is 21.0. The lowest BCUT2D eigenvalue weighted by molar-refractivity contribution is -0.123. The van der Waals surface area contributed by atoms with E-state index >= 15 is 0 Å². The van der Waals surface area contributed by atoms with Gasteiger partial charge in [-0.25, -0.2) is 0 Å². The summed E-state index contributed by atoms with van der Waals surface area (Å²) in [6.07, 6.45) is 1.43. The minimum atomic E-state index is -0.955. The van der Waals surface area contributed by atoms with Crippen LogP contribution in [0.3, 0.4) is 0 Å². The molecule has 0 saturated carbocycles. The highest BCUT2D eigenvalue weighted by Gasteiger charge is 2.39. The number of hydrogen-bond donors (Lipinski definition) is 3. The summed E-state index contributed by atoms with van der Waals surface area (Å²) in [7, 11) is 0. The number of rotatable bonds is 5. The van der Waals surface area contributed by atoms with Crippen molar-refractivity contribution in [2.75, 3.05) is 5.73 Å². The summed E-state index contributed by atoms with van der Waals surface area (Å²) in [6, 6.07) is 22.9. The molecular weight excluding hydrogens is 400 g/mol. The van der Waals surface area contributed by atoms with Crippen molar-refractivity contribution < 1.29 is 9.59 Å². The number of carbonyl (C=O) groups is 2. The van der Waals surface area contributed by atoms with E-state index in [1.165, 1.54) is 0 Å². The normalized spacial score (nSPS) is 15.2. The van der Waals surface area contributed by atoms with Gasteiger partial charge in [-0.2, -0.15) is 0 Å². The number of nitrogen functional groups attached to an aromatic ring is 1. The van der Waals surface area contributed by atoms with Crippen molar-refractivity contribution in [2.24, 2.45) is 11.5 Å². The van der Waals surface area contributed by atoms with Crippen LogP contribution in [0.1, 0.15) is 51.1 Å². The van der Waals surface area contributed by atoms with Gasteiger partial charge in [-0.05, 0) is 59.7 Å². The fourth-order valence-corrected chi connectivity index (χ4v) is 4.40. The number of amides is 2. The quantitative estimate of drug-likeness (QED) is 0.332. The van der Waals surface area contributed by atoms with Gasteiger partial charge < -0.3 is 22.1 Å². The molecule has 0 saturated heterocycles. The summed E-state index contributed by atoms with van der Waals surface area (Å²) in [5, 5.41) is 0. The standard InChI is InChI=1S/C26H24N4O2/c27-15-14-17-10-11-18-12-13-23(21(18)16-17)30(26(32)20-8-4-5-9-22(20)28)24(25(29)31)19-6-2-1-3-7-19/h1-11,16,23-24H,12-13,27-28H2,(H2,29,31)/t23-,24-/m1/s1. The van der Waals surface area contributed by atoms with Crippen LogP contribution in [0, 0.1) is 12.0 Å². The van der Waals surface area contributed by atoms with Gasteiger partial charge in [0, 0.05) is 17.3 Å². The van der Waals surface area contributed by atoms with Gasteiger partial charge in [-0.1, -0.05) is 48.5 Å². The Balaban J connectivity index is 1.89. The molecular formula is C26H24N4O2. The van der Waals surface area contributed by atoms with Crippen molar-refractivity contribution in [3.63, 3.8) is 0 Å². The third-order valence-corrected chi connectivity index (χ3v) is 5.83. The number of aryl methyl sites for hydroxylation is 1. The monoisotopic (exact) mass is 424 g/mol. The lowest BCUT2D eigenvalue weighted by Gasteiger charge is -2.36. The second-order valence-corrected chi connectivity index (χ2v) is 7.75. The third-order valence-electron chi connectivity index (χ3n) is 5.83. The molecule has 0 bridgehead atoms. The van der Waals surface area contributed by atoms with Gasteiger partial charge in [0.25, 0.3) is 5.91 Å². The Morgan fingerprint density at radius 1 is 1.00 bits per heavy atom. The average Bonchev–Trinajstić information content (AvgIpc) is 3.20. The Labute approximate surface area is 187 Å². The highest BCUT2D eigenvalue weighted by atomic mass is 16.2. The molecule has 32 heavy (non-hydrogen) atoms. The van der Waals surface area contributed by atoms with Crippen LogP contribution in [0.25, 0.3) is 0 Å². The number of anilines is 1. The summed E-state index contributed by atoms with van der Waals surface area (Å²) in [4.78, 5) is 28.2. The lowest BCUT2D eigenvalue weighted by Crippen LogP contribution is -2.43. The van der Waals surface area contributed by atoms with Crippen LogP contribution in [0.5, 0.6) is 0 Å². The molecule has 0 fully saturated rings. The lowest BCUT2D eigenvalue weighted by atomic mass is 9.97. The average molecular weight is 425 g/mol. The Hall–Kier alpha value is -4.24. The number of para-hydroxylation sites is 1. The molecule has 0 aromatic heterocycles. The van der Waals surface area contributed by atoms with Crippen LogP contribution < -0.4 is 17.2 Å². The number of carbonyl (C=O) groups excluding carboxylic acids is 2. The first-order valence-electron chi connectivity index (χ1n) is 10.4. The number of fused-ring (bicyclic) bond motifs is 1. The van der Waals surface area contributed by atoms with Crippen molar-refractivity contribution in [1.29, 1.82) is 0 Å². The Bertz CT molecular complexity index is 1230. The van der Waals surface area contributed by atoms with Crippen LogP contribution in [-0.2, 0) is 11.2 Å². The van der Waals surface area contributed by atoms with Gasteiger partial charge in [0.15, 0.2) is 0 Å². The SMILES string of the molecule is NC#Cc1ccc2c(c1)[C@H](N(C(=O)c1ccccc1N)[C@@H](C(N)=O)c1ccccc1)CC2. The van der Waals surface area contributed by atoms with Crippen LogP contribution in [0.2, 0.25) is 0 Å². The predicted octanol–water partition coefficient (Wildman–Crippen LogP) is 2.89. The van der Waals surface area contributed by atoms with Gasteiger partial charge in [0.05, 0.1) is 11.6 Å². The first-order chi connectivity index (χ1) is 15.5. The van der Waals surface area contributed by atoms with Crippen LogP contribution in [-0.4, -0.2) is 16.7 Å². The van der Waals surface area contributed by atoms with E-state index in [1.807, 2.05) is 36.4 Å². The van der Waals surface area contributed by atoms with Gasteiger partial charge >= 0.3 is 0 Å². The Kier molecular flexibility index (Phi) is 5.82. The maximum atomic E-state index is 13.9. The topological polar surface area (TPSA) is 115 Å². The van der Waals surface area contributed by atoms with Gasteiger partial charge in [-0.3, -0.25) is 9.59 Å². The Morgan fingerprint density at radius 3 is 2.41 bits per heavy atom. The van der Waals surface area contributed by atoms with Crippen molar-refractivity contribution in [3.8, 4) is 12.0 Å². The van der Waals surface area contributed by atoms with Gasteiger partial charge in [-0.15, -0.1) is 0 Å². The highest BCUT2D eigenvalue weighted by molar-refractivity contribution is 6.01. The molecule has 160 valence electrons. The summed E-state index contributed by atoms with van der Waals surface area (Å²) >= 11 is 0. The minimum Gasteiger partial charge on any atom is -0.398 e. The largest absolute Gasteiger partial charge is 0.398 e. The molecule has 3 aromatic rings. The van der Waals surface area contributed by atoms with Crippen molar-refractivity contribution >= 4 is 17.5 Å². The second kappa shape index (κ2) is 8.86. The number of nitrogens with two attached hydrogens (primary N) is 3. The summed E-state index contributed by atoms with van der Waals surface area (Å²) in [6.45, 7) is 0.